The lowest BCUT2D eigenvalue weighted by Crippen LogP contribution is -1.99. The fourth-order valence-corrected chi connectivity index (χ4v) is 2.60. The number of halogens is 2. The summed E-state index contributed by atoms with van der Waals surface area (Å²) in [6, 6.07) is 10.1. The summed E-state index contributed by atoms with van der Waals surface area (Å²) in [6.07, 6.45) is 4.42. The molecule has 0 radical (unpaired) electrons. The minimum absolute atomic E-state index is 0.00472. The number of aromatic nitrogens is 1. The van der Waals surface area contributed by atoms with Crippen LogP contribution in [-0.2, 0) is 6.42 Å². The molecular weight excluding hydrogens is 298 g/mol. The lowest BCUT2D eigenvalue weighted by atomic mass is 10.0. The van der Waals surface area contributed by atoms with Crippen LogP contribution >= 0.6 is 27.5 Å². The topological polar surface area (TPSA) is 12.9 Å². The first-order chi connectivity index (χ1) is 8.18. The third-order valence-electron chi connectivity index (χ3n) is 2.81. The van der Waals surface area contributed by atoms with Crippen LogP contribution in [-0.4, -0.2) is 4.98 Å². The van der Waals surface area contributed by atoms with Gasteiger partial charge in [-0.1, -0.05) is 28.1 Å². The summed E-state index contributed by atoms with van der Waals surface area (Å²) in [4.78, 5) is 4.01. The molecule has 0 aliphatic carbocycles. The Kier molecular flexibility index (Phi) is 4.19. The van der Waals surface area contributed by atoms with Gasteiger partial charge in [0.15, 0.2) is 0 Å². The normalized spacial score (nSPS) is 12.4. The van der Waals surface area contributed by atoms with Crippen molar-refractivity contribution in [2.75, 3.05) is 0 Å². The minimum atomic E-state index is -0.00472. The molecule has 2 aromatic rings. The zero-order valence-electron chi connectivity index (χ0n) is 9.53. The van der Waals surface area contributed by atoms with Gasteiger partial charge in [0.1, 0.15) is 0 Å². The van der Waals surface area contributed by atoms with Gasteiger partial charge >= 0.3 is 0 Å². The fraction of sp³-hybridized carbons (Fsp3) is 0.214. The number of hydrogen-bond acceptors (Lipinski definition) is 1. The Balaban J connectivity index is 2.20. The van der Waals surface area contributed by atoms with E-state index in [0.29, 0.717) is 0 Å². The van der Waals surface area contributed by atoms with E-state index in [-0.39, 0.29) is 5.38 Å². The molecule has 1 unspecified atom stereocenters. The number of pyridine rings is 1. The van der Waals surface area contributed by atoms with E-state index in [1.54, 1.807) is 12.4 Å². The number of hydrogen-bond donors (Lipinski definition) is 0. The van der Waals surface area contributed by atoms with E-state index in [2.05, 4.69) is 33.9 Å². The van der Waals surface area contributed by atoms with Crippen molar-refractivity contribution in [2.24, 2.45) is 0 Å². The van der Waals surface area contributed by atoms with Crippen LogP contribution in [0, 0.1) is 6.92 Å². The highest BCUT2D eigenvalue weighted by atomic mass is 79.9. The van der Waals surface area contributed by atoms with E-state index in [1.807, 2.05) is 24.3 Å². The number of nitrogens with zero attached hydrogens (tertiary/aromatic N) is 1. The van der Waals surface area contributed by atoms with E-state index < -0.39 is 0 Å². The van der Waals surface area contributed by atoms with Crippen molar-refractivity contribution < 1.29 is 0 Å². The van der Waals surface area contributed by atoms with Crippen molar-refractivity contribution in [3.05, 3.63) is 63.9 Å². The van der Waals surface area contributed by atoms with Gasteiger partial charge in [0, 0.05) is 16.9 Å². The summed E-state index contributed by atoms with van der Waals surface area (Å²) in [5.74, 6) is 0. The Morgan fingerprint density at radius 1 is 1.24 bits per heavy atom. The Morgan fingerprint density at radius 2 is 1.94 bits per heavy atom. The predicted octanol–water partition coefficient (Wildman–Crippen LogP) is 4.68. The molecule has 1 heterocycles. The zero-order valence-corrected chi connectivity index (χ0v) is 11.9. The van der Waals surface area contributed by atoms with Crippen LogP contribution in [0.2, 0.25) is 0 Å². The van der Waals surface area contributed by atoms with Crippen LogP contribution in [0.4, 0.5) is 0 Å². The van der Waals surface area contributed by atoms with Gasteiger partial charge in [0.2, 0.25) is 0 Å². The van der Waals surface area contributed by atoms with Gasteiger partial charge in [-0.3, -0.25) is 4.98 Å². The average Bonchev–Trinajstić information content (AvgIpc) is 2.34. The molecule has 1 nitrogen and oxygen atoms in total. The highest BCUT2D eigenvalue weighted by Crippen LogP contribution is 2.30. The first-order valence-electron chi connectivity index (χ1n) is 5.46. The van der Waals surface area contributed by atoms with Crippen LogP contribution in [0.1, 0.15) is 22.1 Å². The van der Waals surface area contributed by atoms with Crippen LogP contribution in [0.15, 0.2) is 47.2 Å². The van der Waals surface area contributed by atoms with Gasteiger partial charge in [0.25, 0.3) is 0 Å². The smallest absolute Gasteiger partial charge is 0.0628 e. The van der Waals surface area contributed by atoms with E-state index >= 15 is 0 Å². The molecule has 0 bridgehead atoms. The van der Waals surface area contributed by atoms with Crippen LogP contribution in [0.25, 0.3) is 0 Å². The summed E-state index contributed by atoms with van der Waals surface area (Å²) in [7, 11) is 0. The Labute approximate surface area is 115 Å². The molecule has 0 saturated heterocycles. The molecule has 3 heteroatoms. The maximum atomic E-state index is 6.48. The lowest BCUT2D eigenvalue weighted by molar-refractivity contribution is 0.905. The maximum absolute atomic E-state index is 6.48. The highest BCUT2D eigenvalue weighted by Gasteiger charge is 2.12. The van der Waals surface area contributed by atoms with Crippen molar-refractivity contribution in [2.45, 2.75) is 18.7 Å². The predicted molar refractivity (Wildman–Crippen MR) is 75.4 cm³/mol. The van der Waals surface area contributed by atoms with Crippen molar-refractivity contribution in [1.82, 2.24) is 4.98 Å². The van der Waals surface area contributed by atoms with E-state index in [4.69, 9.17) is 11.6 Å². The molecule has 1 aromatic carbocycles. The van der Waals surface area contributed by atoms with Gasteiger partial charge < -0.3 is 0 Å². The first kappa shape index (κ1) is 12.6. The van der Waals surface area contributed by atoms with Crippen molar-refractivity contribution in [3.8, 4) is 0 Å². The quantitative estimate of drug-likeness (QED) is 0.750. The average molecular weight is 311 g/mol. The summed E-state index contributed by atoms with van der Waals surface area (Å²) >= 11 is 10.0. The van der Waals surface area contributed by atoms with Crippen molar-refractivity contribution in [3.63, 3.8) is 0 Å². The lowest BCUT2D eigenvalue weighted by Gasteiger charge is -2.13. The Morgan fingerprint density at radius 3 is 2.65 bits per heavy atom. The first-order valence-corrected chi connectivity index (χ1v) is 6.69. The van der Waals surface area contributed by atoms with Gasteiger partial charge in [-0.2, -0.15) is 0 Å². The van der Waals surface area contributed by atoms with E-state index in [1.165, 1.54) is 16.7 Å². The molecule has 0 fully saturated rings. The molecule has 0 aliphatic rings. The SMILES string of the molecule is Cc1c(Br)cccc1C(Cl)Cc1ccncc1. The monoisotopic (exact) mass is 309 g/mol. The molecule has 0 saturated carbocycles. The molecular formula is C14H13BrClN. The molecule has 88 valence electrons. The second-order valence-electron chi connectivity index (χ2n) is 3.98. The second-order valence-corrected chi connectivity index (χ2v) is 5.36. The largest absolute Gasteiger partial charge is 0.265 e. The second kappa shape index (κ2) is 5.65. The zero-order chi connectivity index (χ0) is 12.3. The van der Waals surface area contributed by atoms with Gasteiger partial charge in [-0.15, -0.1) is 11.6 Å². The summed E-state index contributed by atoms with van der Waals surface area (Å²) < 4.78 is 1.11. The van der Waals surface area contributed by atoms with Crippen molar-refractivity contribution >= 4 is 27.5 Å². The molecule has 1 atom stereocenters. The minimum Gasteiger partial charge on any atom is -0.265 e. The summed E-state index contributed by atoms with van der Waals surface area (Å²) in [5, 5.41) is -0.00472. The Hall–Kier alpha value is -0.860. The number of rotatable bonds is 3. The molecule has 0 aliphatic heterocycles. The van der Waals surface area contributed by atoms with Gasteiger partial charge in [-0.05, 0) is 48.2 Å². The maximum Gasteiger partial charge on any atom is 0.0628 e. The highest BCUT2D eigenvalue weighted by molar-refractivity contribution is 9.10. The Bertz CT molecular complexity index is 499. The van der Waals surface area contributed by atoms with Crippen LogP contribution in [0.5, 0.6) is 0 Å². The third kappa shape index (κ3) is 3.08. The molecule has 0 N–H and O–H groups in total. The molecule has 0 spiro atoms. The number of benzene rings is 1. The molecule has 2 rings (SSSR count). The van der Waals surface area contributed by atoms with E-state index in [9.17, 15) is 0 Å². The molecule has 17 heavy (non-hydrogen) atoms. The fourth-order valence-electron chi connectivity index (χ4n) is 1.80. The van der Waals surface area contributed by atoms with Crippen LogP contribution in [0.3, 0.4) is 0 Å². The van der Waals surface area contributed by atoms with Crippen molar-refractivity contribution in [1.29, 1.82) is 0 Å². The van der Waals surface area contributed by atoms with Gasteiger partial charge in [-0.25, -0.2) is 0 Å². The number of alkyl halides is 1. The third-order valence-corrected chi connectivity index (χ3v) is 4.06. The summed E-state index contributed by atoms with van der Waals surface area (Å²) in [5.41, 5.74) is 3.60. The van der Waals surface area contributed by atoms with Crippen LogP contribution < -0.4 is 0 Å². The van der Waals surface area contributed by atoms with E-state index in [0.717, 1.165) is 10.9 Å². The standard InChI is InChI=1S/C14H13BrClN/c1-10-12(3-2-4-13(10)15)14(16)9-11-5-7-17-8-6-11/h2-8,14H,9H2,1H3. The molecule has 0 amide bonds. The summed E-state index contributed by atoms with van der Waals surface area (Å²) in [6.45, 7) is 2.08. The molecule has 1 aromatic heterocycles. The van der Waals surface area contributed by atoms with Gasteiger partial charge in [0.05, 0.1) is 5.38 Å².